The lowest BCUT2D eigenvalue weighted by Crippen LogP contribution is -2.35. The molecule has 0 heterocycles. The third kappa shape index (κ3) is 5.38. The lowest BCUT2D eigenvalue weighted by molar-refractivity contribution is -0.109. The summed E-state index contributed by atoms with van der Waals surface area (Å²) in [6, 6.07) is 10.8. The first-order valence-corrected chi connectivity index (χ1v) is 10.2. The first-order chi connectivity index (χ1) is 12.8. The van der Waals surface area contributed by atoms with Gasteiger partial charge < -0.3 is 10.1 Å². The first kappa shape index (κ1) is 21.1. The fourth-order valence-electron chi connectivity index (χ4n) is 2.47. The van der Waals surface area contributed by atoms with Crippen LogP contribution in [0, 0.1) is 6.92 Å². The van der Waals surface area contributed by atoms with Crippen LogP contribution in [0.2, 0.25) is 5.02 Å². The van der Waals surface area contributed by atoms with Crippen molar-refractivity contribution in [2.24, 2.45) is 0 Å². The molecule has 1 amide bonds. The second-order valence-electron chi connectivity index (χ2n) is 6.03. The maximum absolute atomic E-state index is 12.5. The van der Waals surface area contributed by atoms with Gasteiger partial charge in [0.15, 0.2) is 0 Å². The molecule has 0 fully saturated rings. The molecule has 2 N–H and O–H groups in total. The zero-order valence-corrected chi connectivity index (χ0v) is 16.6. The number of amides is 1. The SMILES string of the molecule is CC[C@@H](C=O)NC(=O)c1ccc(CNS(=O)(=O)c2c(C)cccc2Cl)cc1. The predicted molar refractivity (Wildman–Crippen MR) is 104 cm³/mol. The van der Waals surface area contributed by atoms with Crippen LogP contribution in [-0.2, 0) is 21.4 Å². The van der Waals surface area contributed by atoms with Crippen LogP contribution in [-0.4, -0.2) is 26.7 Å². The number of nitrogens with one attached hydrogen (secondary N) is 2. The molecule has 27 heavy (non-hydrogen) atoms. The molecule has 1 atom stereocenters. The quantitative estimate of drug-likeness (QED) is 0.657. The van der Waals surface area contributed by atoms with Gasteiger partial charge in [-0.2, -0.15) is 0 Å². The van der Waals surface area contributed by atoms with Crippen LogP contribution in [0.25, 0.3) is 0 Å². The van der Waals surface area contributed by atoms with Crippen LogP contribution in [0.3, 0.4) is 0 Å². The second kappa shape index (κ2) is 9.12. The molecule has 2 aromatic carbocycles. The molecule has 0 aliphatic carbocycles. The highest BCUT2D eigenvalue weighted by Crippen LogP contribution is 2.24. The largest absolute Gasteiger partial charge is 0.343 e. The third-order valence-electron chi connectivity index (χ3n) is 4.04. The van der Waals surface area contributed by atoms with Crippen molar-refractivity contribution in [1.29, 1.82) is 0 Å². The van der Waals surface area contributed by atoms with Gasteiger partial charge in [-0.05, 0) is 42.7 Å². The van der Waals surface area contributed by atoms with Crippen LogP contribution in [0.4, 0.5) is 0 Å². The van der Waals surface area contributed by atoms with Crippen LogP contribution in [0.15, 0.2) is 47.4 Å². The topological polar surface area (TPSA) is 92.3 Å². The number of carbonyl (C=O) groups is 2. The summed E-state index contributed by atoms with van der Waals surface area (Å²) >= 11 is 6.03. The molecule has 0 saturated heterocycles. The molecular formula is C19H21ClN2O4S. The normalized spacial score (nSPS) is 12.4. The monoisotopic (exact) mass is 408 g/mol. The molecule has 144 valence electrons. The Morgan fingerprint density at radius 3 is 2.41 bits per heavy atom. The minimum absolute atomic E-state index is 0.0564. The Labute approximate surface area is 164 Å². The highest BCUT2D eigenvalue weighted by molar-refractivity contribution is 7.89. The Balaban J connectivity index is 2.07. The Morgan fingerprint density at radius 1 is 1.19 bits per heavy atom. The van der Waals surface area contributed by atoms with Gasteiger partial charge in [0, 0.05) is 12.1 Å². The molecule has 0 unspecified atom stereocenters. The molecule has 0 bridgehead atoms. The van der Waals surface area contributed by atoms with E-state index in [2.05, 4.69) is 10.0 Å². The maximum Gasteiger partial charge on any atom is 0.251 e. The number of sulfonamides is 1. The van der Waals surface area contributed by atoms with Crippen molar-refractivity contribution >= 4 is 33.8 Å². The van der Waals surface area contributed by atoms with Gasteiger partial charge in [0.1, 0.15) is 11.2 Å². The van der Waals surface area contributed by atoms with Gasteiger partial charge >= 0.3 is 0 Å². The Bertz CT molecular complexity index is 907. The minimum Gasteiger partial charge on any atom is -0.343 e. The summed E-state index contributed by atoms with van der Waals surface area (Å²) in [5, 5.41) is 2.77. The summed E-state index contributed by atoms with van der Waals surface area (Å²) in [7, 11) is -3.77. The molecule has 0 aliphatic rings. The number of aryl methyl sites for hydroxylation is 1. The molecular weight excluding hydrogens is 388 g/mol. The summed E-state index contributed by atoms with van der Waals surface area (Å²) in [6.07, 6.45) is 1.20. The van der Waals surface area contributed by atoms with Crippen LogP contribution >= 0.6 is 11.6 Å². The Morgan fingerprint density at radius 2 is 1.85 bits per heavy atom. The second-order valence-corrected chi connectivity index (χ2v) is 8.14. The van der Waals surface area contributed by atoms with Crippen LogP contribution in [0.1, 0.15) is 34.8 Å². The van der Waals surface area contributed by atoms with Crippen molar-refractivity contribution in [1.82, 2.24) is 10.0 Å². The van der Waals surface area contributed by atoms with Gasteiger partial charge in [-0.15, -0.1) is 0 Å². The van der Waals surface area contributed by atoms with E-state index in [0.29, 0.717) is 29.4 Å². The number of benzene rings is 2. The Kier molecular flexibility index (Phi) is 7.12. The summed E-state index contributed by atoms with van der Waals surface area (Å²) in [4.78, 5) is 22.9. The average Bonchev–Trinajstić information content (AvgIpc) is 2.64. The fourth-order valence-corrected chi connectivity index (χ4v) is 4.31. The van der Waals surface area contributed by atoms with Gasteiger partial charge in [-0.25, -0.2) is 13.1 Å². The lowest BCUT2D eigenvalue weighted by Gasteiger charge is -2.12. The van der Waals surface area contributed by atoms with Crippen molar-refractivity contribution in [3.05, 3.63) is 64.2 Å². The zero-order valence-electron chi connectivity index (χ0n) is 15.0. The van der Waals surface area contributed by atoms with Crippen LogP contribution in [0.5, 0.6) is 0 Å². The van der Waals surface area contributed by atoms with Crippen LogP contribution < -0.4 is 10.0 Å². The van der Waals surface area contributed by atoms with Crippen molar-refractivity contribution in [3.63, 3.8) is 0 Å². The highest BCUT2D eigenvalue weighted by atomic mass is 35.5. The van der Waals surface area contributed by atoms with Gasteiger partial charge in [-0.1, -0.05) is 42.8 Å². The summed E-state index contributed by atoms with van der Waals surface area (Å²) < 4.78 is 27.5. The smallest absolute Gasteiger partial charge is 0.251 e. The molecule has 0 radical (unpaired) electrons. The van der Waals surface area contributed by atoms with E-state index in [-0.39, 0.29) is 22.4 Å². The van der Waals surface area contributed by atoms with Gasteiger partial charge in [0.25, 0.3) is 5.91 Å². The van der Waals surface area contributed by atoms with E-state index in [9.17, 15) is 18.0 Å². The standard InChI is InChI=1S/C19H21ClN2O4S/c1-3-16(12-23)22-19(24)15-9-7-14(8-10-15)11-21-27(25,26)18-13(2)5-4-6-17(18)20/h4-10,12,16,21H,3,11H2,1-2H3,(H,22,24)/t16-/m0/s1. The number of rotatable bonds is 8. The summed E-state index contributed by atoms with van der Waals surface area (Å²) in [5.74, 6) is -0.354. The van der Waals surface area contributed by atoms with Crippen molar-refractivity contribution in [2.45, 2.75) is 37.8 Å². The molecule has 0 spiro atoms. The summed E-state index contributed by atoms with van der Waals surface area (Å²) in [5.41, 5.74) is 1.63. The molecule has 2 rings (SSSR count). The third-order valence-corrected chi connectivity index (χ3v) is 6.07. The number of hydrogen-bond acceptors (Lipinski definition) is 4. The number of aldehydes is 1. The number of halogens is 1. The fraction of sp³-hybridized carbons (Fsp3) is 0.263. The maximum atomic E-state index is 12.5. The molecule has 2 aromatic rings. The van der Waals surface area contributed by atoms with E-state index < -0.39 is 16.1 Å². The first-order valence-electron chi connectivity index (χ1n) is 8.38. The average molecular weight is 409 g/mol. The number of carbonyl (C=O) groups excluding carboxylic acids is 2. The van der Waals surface area contributed by atoms with Gasteiger partial charge in [0.2, 0.25) is 10.0 Å². The van der Waals surface area contributed by atoms with Crippen molar-refractivity contribution in [3.8, 4) is 0 Å². The molecule has 8 heteroatoms. The van der Waals surface area contributed by atoms with Crippen molar-refractivity contribution < 1.29 is 18.0 Å². The highest BCUT2D eigenvalue weighted by Gasteiger charge is 2.20. The minimum atomic E-state index is -3.77. The zero-order chi connectivity index (χ0) is 20.0. The van der Waals surface area contributed by atoms with Crippen molar-refractivity contribution in [2.75, 3.05) is 0 Å². The summed E-state index contributed by atoms with van der Waals surface area (Å²) in [6.45, 7) is 3.53. The molecule has 0 aromatic heterocycles. The number of hydrogen-bond donors (Lipinski definition) is 2. The van der Waals surface area contributed by atoms with E-state index in [4.69, 9.17) is 11.6 Å². The van der Waals surface area contributed by atoms with E-state index in [1.165, 1.54) is 6.07 Å². The van der Waals surface area contributed by atoms with E-state index >= 15 is 0 Å². The Hall–Kier alpha value is -2.22. The molecule has 0 saturated carbocycles. The van der Waals surface area contributed by atoms with E-state index in [1.807, 2.05) is 0 Å². The molecule has 6 nitrogen and oxygen atoms in total. The lowest BCUT2D eigenvalue weighted by atomic mass is 10.1. The van der Waals surface area contributed by atoms with Gasteiger partial charge in [-0.3, -0.25) is 4.79 Å². The van der Waals surface area contributed by atoms with Gasteiger partial charge in [0.05, 0.1) is 11.1 Å². The van der Waals surface area contributed by atoms with E-state index in [1.54, 1.807) is 50.2 Å². The molecule has 0 aliphatic heterocycles. The predicted octanol–water partition coefficient (Wildman–Crippen LogP) is 2.83. The van der Waals surface area contributed by atoms with E-state index in [0.717, 1.165) is 0 Å².